The molecule has 1 aliphatic rings. The lowest BCUT2D eigenvalue weighted by molar-refractivity contribution is -0.110. The number of allylic oxidation sites excluding steroid dienone is 1. The van der Waals surface area contributed by atoms with Crippen LogP contribution < -0.4 is 16.4 Å². The number of anilines is 3. The van der Waals surface area contributed by atoms with E-state index in [1.165, 1.54) is 0 Å². The Morgan fingerprint density at radius 1 is 1.33 bits per heavy atom. The van der Waals surface area contributed by atoms with Crippen LogP contribution in [-0.4, -0.2) is 10.9 Å². The molecule has 3 rings (SSSR count). The quantitative estimate of drug-likeness (QED) is 0.452. The molecule has 1 aromatic carbocycles. The van der Waals surface area contributed by atoms with Crippen molar-refractivity contribution in [2.24, 2.45) is 0 Å². The van der Waals surface area contributed by atoms with Crippen molar-refractivity contribution >= 4 is 40.1 Å². The molecule has 1 aromatic heterocycles. The number of benzene rings is 1. The molecule has 0 spiro atoms. The Balaban J connectivity index is 2.00. The van der Waals surface area contributed by atoms with Crippen LogP contribution in [0.5, 0.6) is 0 Å². The fraction of sp³-hybridized carbons (Fsp3) is 0.0667. The number of nitrogens with one attached hydrogen (secondary N) is 2. The van der Waals surface area contributed by atoms with Crippen LogP contribution in [0.25, 0.3) is 5.57 Å². The zero-order valence-corrected chi connectivity index (χ0v) is 12.0. The minimum absolute atomic E-state index is 0.150. The molecule has 0 fully saturated rings. The Morgan fingerprint density at radius 2 is 2.14 bits per heavy atom. The summed E-state index contributed by atoms with van der Waals surface area (Å²) in [6, 6.07) is 8.82. The number of carbonyl (C=O) groups is 1. The van der Waals surface area contributed by atoms with E-state index >= 15 is 0 Å². The highest BCUT2D eigenvalue weighted by Gasteiger charge is 2.26. The number of rotatable bonds is 2. The van der Waals surface area contributed by atoms with Gasteiger partial charge in [-0.2, -0.15) is 0 Å². The van der Waals surface area contributed by atoms with Crippen LogP contribution in [-0.2, 0) is 4.79 Å². The molecule has 6 heteroatoms. The van der Waals surface area contributed by atoms with Crippen molar-refractivity contribution in [2.45, 2.75) is 6.92 Å². The molecule has 0 saturated carbocycles. The summed E-state index contributed by atoms with van der Waals surface area (Å²) in [6.45, 7) is 1.84. The Labute approximate surface area is 126 Å². The summed E-state index contributed by atoms with van der Waals surface area (Å²) >= 11 is 5.75. The largest absolute Gasteiger partial charge is 0.399 e. The fourth-order valence-electron chi connectivity index (χ4n) is 2.29. The van der Waals surface area contributed by atoms with Crippen molar-refractivity contribution in [2.75, 3.05) is 16.4 Å². The van der Waals surface area contributed by atoms with Crippen molar-refractivity contribution in [1.82, 2.24) is 4.98 Å². The SMILES string of the molecule is C/C(Nc1ccc(Cl)nc1)=C1/C(=O)Nc2ccc(N)cc21. The predicted molar refractivity (Wildman–Crippen MR) is 84.9 cm³/mol. The van der Waals surface area contributed by atoms with Gasteiger partial charge >= 0.3 is 0 Å². The molecule has 0 aliphatic carbocycles. The lowest BCUT2D eigenvalue weighted by Crippen LogP contribution is -2.08. The molecule has 106 valence electrons. The highest BCUT2D eigenvalue weighted by Crippen LogP contribution is 2.35. The topological polar surface area (TPSA) is 80.0 Å². The number of halogens is 1. The van der Waals surface area contributed by atoms with Gasteiger partial charge in [-0.3, -0.25) is 4.79 Å². The zero-order valence-electron chi connectivity index (χ0n) is 11.3. The molecular weight excluding hydrogens is 288 g/mol. The fourth-order valence-corrected chi connectivity index (χ4v) is 2.40. The van der Waals surface area contributed by atoms with Gasteiger partial charge in [0.1, 0.15) is 5.15 Å². The van der Waals surface area contributed by atoms with Crippen LogP contribution in [0.2, 0.25) is 5.15 Å². The second-order valence-corrected chi connectivity index (χ2v) is 5.14. The predicted octanol–water partition coefficient (Wildman–Crippen LogP) is 3.11. The number of pyridine rings is 1. The molecule has 4 N–H and O–H groups in total. The molecule has 0 saturated heterocycles. The third-order valence-corrected chi connectivity index (χ3v) is 3.45. The maximum Gasteiger partial charge on any atom is 0.258 e. The normalized spacial score (nSPS) is 15.4. The van der Waals surface area contributed by atoms with Crippen molar-refractivity contribution < 1.29 is 4.79 Å². The van der Waals surface area contributed by atoms with Crippen LogP contribution in [0.1, 0.15) is 12.5 Å². The summed E-state index contributed by atoms with van der Waals surface area (Å²) in [5, 5.41) is 6.40. The summed E-state index contributed by atoms with van der Waals surface area (Å²) in [4.78, 5) is 16.1. The Morgan fingerprint density at radius 3 is 2.86 bits per heavy atom. The van der Waals surface area contributed by atoms with Gasteiger partial charge in [0.25, 0.3) is 5.91 Å². The van der Waals surface area contributed by atoms with Crippen molar-refractivity contribution in [1.29, 1.82) is 0 Å². The van der Waals surface area contributed by atoms with Crippen LogP contribution >= 0.6 is 11.6 Å². The van der Waals surface area contributed by atoms with E-state index in [0.29, 0.717) is 16.4 Å². The van der Waals surface area contributed by atoms with E-state index in [-0.39, 0.29) is 5.91 Å². The van der Waals surface area contributed by atoms with Gasteiger partial charge in [0, 0.05) is 22.6 Å². The Hall–Kier alpha value is -2.53. The monoisotopic (exact) mass is 300 g/mol. The average molecular weight is 301 g/mol. The highest BCUT2D eigenvalue weighted by molar-refractivity contribution is 6.32. The van der Waals surface area contributed by atoms with E-state index in [1.54, 1.807) is 36.5 Å². The van der Waals surface area contributed by atoms with Crippen LogP contribution in [0.15, 0.2) is 42.2 Å². The van der Waals surface area contributed by atoms with Gasteiger partial charge in [-0.05, 0) is 37.3 Å². The Bertz CT molecular complexity index is 753. The molecule has 0 bridgehead atoms. The van der Waals surface area contributed by atoms with E-state index in [9.17, 15) is 4.79 Å². The first-order chi connectivity index (χ1) is 10.0. The van der Waals surface area contributed by atoms with Crippen LogP contribution in [0.3, 0.4) is 0 Å². The molecule has 1 aliphatic heterocycles. The lowest BCUT2D eigenvalue weighted by Gasteiger charge is -2.09. The molecule has 2 heterocycles. The average Bonchev–Trinajstić information content (AvgIpc) is 2.76. The Kier molecular flexibility index (Phi) is 3.27. The maximum absolute atomic E-state index is 12.1. The summed E-state index contributed by atoms with van der Waals surface area (Å²) in [5.74, 6) is -0.150. The minimum Gasteiger partial charge on any atom is -0.399 e. The van der Waals surface area contributed by atoms with Gasteiger partial charge in [0.2, 0.25) is 0 Å². The second kappa shape index (κ2) is 5.10. The number of hydrogen-bond acceptors (Lipinski definition) is 4. The number of hydrogen-bond donors (Lipinski definition) is 3. The number of carbonyl (C=O) groups excluding carboxylic acids is 1. The molecule has 5 nitrogen and oxygen atoms in total. The number of nitrogen functional groups attached to an aromatic ring is 1. The van der Waals surface area contributed by atoms with Crippen molar-refractivity contribution in [3.8, 4) is 0 Å². The first-order valence-electron chi connectivity index (χ1n) is 6.35. The first kappa shape index (κ1) is 13.5. The summed E-state index contributed by atoms with van der Waals surface area (Å²) in [5.41, 5.74) is 10.0. The molecular formula is C15H13ClN4O. The molecule has 0 radical (unpaired) electrons. The van der Waals surface area contributed by atoms with Crippen LogP contribution in [0, 0.1) is 0 Å². The number of nitrogens with zero attached hydrogens (tertiary/aromatic N) is 1. The molecule has 1 amide bonds. The lowest BCUT2D eigenvalue weighted by atomic mass is 10.0. The summed E-state index contributed by atoms with van der Waals surface area (Å²) in [7, 11) is 0. The van der Waals surface area contributed by atoms with Crippen molar-refractivity contribution in [3.63, 3.8) is 0 Å². The van der Waals surface area contributed by atoms with Crippen LogP contribution in [0.4, 0.5) is 17.1 Å². The smallest absolute Gasteiger partial charge is 0.258 e. The van der Waals surface area contributed by atoms with Gasteiger partial charge in [0.15, 0.2) is 0 Å². The van der Waals surface area contributed by atoms with E-state index in [2.05, 4.69) is 15.6 Å². The van der Waals surface area contributed by atoms with E-state index in [4.69, 9.17) is 17.3 Å². The maximum atomic E-state index is 12.1. The van der Waals surface area contributed by atoms with Gasteiger partial charge in [0.05, 0.1) is 17.5 Å². The van der Waals surface area contributed by atoms with E-state index in [1.807, 2.05) is 6.92 Å². The van der Waals surface area contributed by atoms with Gasteiger partial charge < -0.3 is 16.4 Å². The van der Waals surface area contributed by atoms with E-state index in [0.717, 1.165) is 22.6 Å². The minimum atomic E-state index is -0.150. The van der Waals surface area contributed by atoms with E-state index < -0.39 is 0 Å². The first-order valence-corrected chi connectivity index (χ1v) is 6.73. The number of fused-ring (bicyclic) bond motifs is 1. The van der Waals surface area contributed by atoms with Gasteiger partial charge in [-0.25, -0.2) is 4.98 Å². The van der Waals surface area contributed by atoms with Gasteiger partial charge in [-0.15, -0.1) is 0 Å². The number of nitrogens with two attached hydrogens (primary N) is 1. The second-order valence-electron chi connectivity index (χ2n) is 4.75. The summed E-state index contributed by atoms with van der Waals surface area (Å²) in [6.07, 6.45) is 1.61. The molecule has 21 heavy (non-hydrogen) atoms. The number of amides is 1. The molecule has 0 atom stereocenters. The summed E-state index contributed by atoms with van der Waals surface area (Å²) < 4.78 is 0. The number of aromatic nitrogens is 1. The molecule has 2 aromatic rings. The zero-order chi connectivity index (χ0) is 15.0. The third kappa shape index (κ3) is 2.55. The third-order valence-electron chi connectivity index (χ3n) is 3.22. The standard InChI is InChI=1S/C15H13ClN4O/c1-8(19-10-3-5-13(16)18-7-10)14-11-6-9(17)2-4-12(11)20-15(14)21/h2-7,19H,17H2,1H3,(H,20,21)/b14-8-. The highest BCUT2D eigenvalue weighted by atomic mass is 35.5. The molecule has 0 unspecified atom stereocenters. The van der Waals surface area contributed by atoms with Gasteiger partial charge in [-0.1, -0.05) is 11.6 Å². The van der Waals surface area contributed by atoms with Crippen molar-refractivity contribution in [3.05, 3.63) is 52.9 Å².